The van der Waals surface area contributed by atoms with Crippen LogP contribution in [0.5, 0.6) is 5.75 Å². The maximum absolute atomic E-state index is 13.0. The Labute approximate surface area is 166 Å². The summed E-state index contributed by atoms with van der Waals surface area (Å²) in [5.74, 6) is 0.00303. The van der Waals surface area contributed by atoms with E-state index in [1.807, 2.05) is 6.92 Å². The smallest absolute Gasteiger partial charge is 0.261 e. The summed E-state index contributed by atoms with van der Waals surface area (Å²) in [7, 11) is 0. The van der Waals surface area contributed by atoms with Crippen LogP contribution < -0.4 is 10.1 Å². The number of rotatable bonds is 8. The van der Waals surface area contributed by atoms with Crippen LogP contribution in [-0.4, -0.2) is 30.0 Å². The first-order valence-electron chi connectivity index (χ1n) is 10.1. The summed E-state index contributed by atoms with van der Waals surface area (Å²) in [6, 6.07) is 14.1. The van der Waals surface area contributed by atoms with Crippen molar-refractivity contribution in [2.45, 2.75) is 51.8 Å². The molecule has 0 aromatic heterocycles. The second-order valence-electron chi connectivity index (χ2n) is 7.34. The van der Waals surface area contributed by atoms with Gasteiger partial charge in [-0.1, -0.05) is 37.6 Å². The maximum Gasteiger partial charge on any atom is 0.261 e. The normalized spacial score (nSPS) is 15.8. The molecule has 0 unspecified atom stereocenters. The second-order valence-corrected chi connectivity index (χ2v) is 7.34. The highest BCUT2D eigenvalue weighted by Gasteiger charge is 2.18. The molecule has 4 nitrogen and oxygen atoms in total. The number of carbonyl (C=O) groups is 1. The van der Waals surface area contributed by atoms with Crippen molar-refractivity contribution in [1.29, 1.82) is 0 Å². The van der Waals surface area contributed by atoms with Gasteiger partial charge in [0, 0.05) is 13.1 Å². The number of benzene rings is 2. The van der Waals surface area contributed by atoms with E-state index in [0.29, 0.717) is 18.7 Å². The predicted molar refractivity (Wildman–Crippen MR) is 109 cm³/mol. The highest BCUT2D eigenvalue weighted by molar-refractivity contribution is 5.81. The van der Waals surface area contributed by atoms with E-state index in [1.54, 1.807) is 0 Å². The van der Waals surface area contributed by atoms with Gasteiger partial charge >= 0.3 is 0 Å². The lowest BCUT2D eigenvalue weighted by molar-refractivity contribution is -0.128. The Morgan fingerprint density at radius 2 is 1.68 bits per heavy atom. The van der Waals surface area contributed by atoms with Gasteiger partial charge in [0.25, 0.3) is 5.91 Å². The Bertz CT molecular complexity index is 740. The van der Waals surface area contributed by atoms with Crippen molar-refractivity contribution >= 4 is 5.91 Å². The number of carbonyl (C=O) groups excluding carboxylic acids is 1. The van der Waals surface area contributed by atoms with Crippen LogP contribution in [0.4, 0.5) is 4.39 Å². The van der Waals surface area contributed by atoms with Crippen LogP contribution >= 0.6 is 0 Å². The number of nitrogens with one attached hydrogen (secondary N) is 1. The van der Waals surface area contributed by atoms with Crippen molar-refractivity contribution in [3.8, 4) is 5.75 Å². The SMILES string of the molecule is CC[C@H](Oc1ccc(F)cc1)C(=O)NCc1ccc(CN2CCCCC2)cc1. The van der Waals surface area contributed by atoms with Crippen LogP contribution in [0.3, 0.4) is 0 Å². The van der Waals surface area contributed by atoms with Crippen LogP contribution in [0.2, 0.25) is 0 Å². The first kappa shape index (κ1) is 20.3. The number of halogens is 1. The molecule has 0 radical (unpaired) electrons. The fourth-order valence-corrected chi connectivity index (χ4v) is 3.44. The fourth-order valence-electron chi connectivity index (χ4n) is 3.44. The molecule has 150 valence electrons. The monoisotopic (exact) mass is 384 g/mol. The third-order valence-corrected chi connectivity index (χ3v) is 5.10. The van der Waals surface area contributed by atoms with Gasteiger partial charge in [-0.15, -0.1) is 0 Å². The van der Waals surface area contributed by atoms with Crippen molar-refractivity contribution in [2.75, 3.05) is 13.1 Å². The van der Waals surface area contributed by atoms with Crippen LogP contribution in [0.15, 0.2) is 48.5 Å². The molecule has 0 saturated carbocycles. The molecule has 1 saturated heterocycles. The lowest BCUT2D eigenvalue weighted by atomic mass is 10.1. The molecule has 2 aromatic carbocycles. The molecule has 5 heteroatoms. The van der Waals surface area contributed by atoms with Gasteiger partial charge in [-0.25, -0.2) is 4.39 Å². The van der Waals surface area contributed by atoms with Crippen molar-refractivity contribution in [3.05, 3.63) is 65.5 Å². The molecule has 1 amide bonds. The average molecular weight is 384 g/mol. The van der Waals surface area contributed by atoms with Crippen LogP contribution in [-0.2, 0) is 17.9 Å². The molecule has 28 heavy (non-hydrogen) atoms. The summed E-state index contributed by atoms with van der Waals surface area (Å²) < 4.78 is 18.7. The fraction of sp³-hybridized carbons (Fsp3) is 0.435. The van der Waals surface area contributed by atoms with Crippen molar-refractivity contribution in [3.63, 3.8) is 0 Å². The molecule has 0 bridgehead atoms. The number of ether oxygens (including phenoxy) is 1. The van der Waals surface area contributed by atoms with E-state index in [-0.39, 0.29) is 11.7 Å². The van der Waals surface area contributed by atoms with E-state index in [4.69, 9.17) is 4.74 Å². The Kier molecular flexibility index (Phi) is 7.43. The van der Waals surface area contributed by atoms with Gasteiger partial charge in [0.05, 0.1) is 0 Å². The van der Waals surface area contributed by atoms with Gasteiger partial charge in [-0.05, 0) is 67.7 Å². The van der Waals surface area contributed by atoms with Gasteiger partial charge in [0.2, 0.25) is 0 Å². The minimum absolute atomic E-state index is 0.163. The van der Waals surface area contributed by atoms with Crippen molar-refractivity contribution in [2.24, 2.45) is 0 Å². The van der Waals surface area contributed by atoms with Crippen LogP contribution in [0.25, 0.3) is 0 Å². The zero-order chi connectivity index (χ0) is 19.8. The van der Waals surface area contributed by atoms with Gasteiger partial charge in [-0.3, -0.25) is 9.69 Å². The molecule has 0 spiro atoms. The Hall–Kier alpha value is -2.40. The highest BCUT2D eigenvalue weighted by atomic mass is 19.1. The largest absolute Gasteiger partial charge is 0.481 e. The van der Waals surface area contributed by atoms with E-state index in [2.05, 4.69) is 34.5 Å². The number of hydrogen-bond donors (Lipinski definition) is 1. The number of likely N-dealkylation sites (tertiary alicyclic amines) is 1. The number of piperidine rings is 1. The first-order chi connectivity index (χ1) is 13.6. The summed E-state index contributed by atoms with van der Waals surface area (Å²) in [5.41, 5.74) is 2.37. The molecule has 1 aliphatic heterocycles. The lowest BCUT2D eigenvalue weighted by Crippen LogP contribution is -2.37. The minimum Gasteiger partial charge on any atom is -0.481 e. The third-order valence-electron chi connectivity index (χ3n) is 5.10. The van der Waals surface area contributed by atoms with Gasteiger partial charge in [0.1, 0.15) is 11.6 Å². The van der Waals surface area contributed by atoms with E-state index in [1.165, 1.54) is 62.2 Å². The Morgan fingerprint density at radius 1 is 1.04 bits per heavy atom. The number of nitrogens with zero attached hydrogens (tertiary/aromatic N) is 1. The number of amides is 1. The topological polar surface area (TPSA) is 41.6 Å². The molecule has 1 atom stereocenters. The zero-order valence-electron chi connectivity index (χ0n) is 16.5. The summed E-state index contributed by atoms with van der Waals surface area (Å²) >= 11 is 0. The zero-order valence-corrected chi connectivity index (χ0v) is 16.5. The molecule has 3 rings (SSSR count). The third kappa shape index (κ3) is 6.06. The molecular formula is C23H29FN2O2. The van der Waals surface area contributed by atoms with E-state index in [0.717, 1.165) is 12.1 Å². The maximum atomic E-state index is 13.0. The van der Waals surface area contributed by atoms with E-state index < -0.39 is 6.10 Å². The predicted octanol–water partition coefficient (Wildman–Crippen LogP) is 4.29. The molecule has 1 aliphatic rings. The molecule has 2 aromatic rings. The van der Waals surface area contributed by atoms with Crippen LogP contribution in [0.1, 0.15) is 43.7 Å². The summed E-state index contributed by atoms with van der Waals surface area (Å²) in [4.78, 5) is 14.9. The van der Waals surface area contributed by atoms with Gasteiger partial charge in [-0.2, -0.15) is 0 Å². The summed E-state index contributed by atoms with van der Waals surface area (Å²) in [5, 5.41) is 2.93. The highest BCUT2D eigenvalue weighted by Crippen LogP contribution is 2.15. The van der Waals surface area contributed by atoms with E-state index in [9.17, 15) is 9.18 Å². The standard InChI is InChI=1S/C23H29FN2O2/c1-2-22(28-21-12-10-20(24)11-13-21)23(27)25-16-18-6-8-19(9-7-18)17-26-14-4-3-5-15-26/h6-13,22H,2-5,14-17H2,1H3,(H,25,27)/t22-/m0/s1. The summed E-state index contributed by atoms with van der Waals surface area (Å²) in [6.07, 6.45) is 3.88. The molecule has 1 heterocycles. The molecule has 1 fully saturated rings. The number of hydrogen-bond acceptors (Lipinski definition) is 3. The quantitative estimate of drug-likeness (QED) is 0.738. The molecular weight excluding hydrogens is 355 g/mol. The second kappa shape index (κ2) is 10.2. The van der Waals surface area contributed by atoms with Crippen LogP contribution in [0, 0.1) is 5.82 Å². The first-order valence-corrected chi connectivity index (χ1v) is 10.1. The molecule has 1 N–H and O–H groups in total. The lowest BCUT2D eigenvalue weighted by Gasteiger charge is -2.26. The summed E-state index contributed by atoms with van der Waals surface area (Å²) in [6.45, 7) is 5.72. The van der Waals surface area contributed by atoms with E-state index >= 15 is 0 Å². The Morgan fingerprint density at radius 3 is 2.32 bits per heavy atom. The van der Waals surface area contributed by atoms with Crippen molar-refractivity contribution in [1.82, 2.24) is 10.2 Å². The van der Waals surface area contributed by atoms with Crippen molar-refractivity contribution < 1.29 is 13.9 Å². The average Bonchev–Trinajstić information content (AvgIpc) is 2.73. The molecule has 0 aliphatic carbocycles. The van der Waals surface area contributed by atoms with Gasteiger partial charge in [0.15, 0.2) is 6.10 Å². The Balaban J connectivity index is 1.47. The van der Waals surface area contributed by atoms with Gasteiger partial charge < -0.3 is 10.1 Å². The minimum atomic E-state index is -0.594.